The van der Waals surface area contributed by atoms with Crippen molar-refractivity contribution in [1.82, 2.24) is 9.55 Å². The summed E-state index contributed by atoms with van der Waals surface area (Å²) in [6, 6.07) is 17.1. The molecule has 26 heavy (non-hydrogen) atoms. The number of fused-ring (bicyclic) bond motifs is 2. The van der Waals surface area contributed by atoms with E-state index in [4.69, 9.17) is 4.98 Å². The number of benzene rings is 2. The highest BCUT2D eigenvalue weighted by atomic mass is 32.2. The summed E-state index contributed by atoms with van der Waals surface area (Å²) in [4.78, 5) is 19.1. The molecule has 7 heteroatoms. The van der Waals surface area contributed by atoms with Crippen LogP contribution in [0.4, 0.5) is 5.95 Å². The number of aromatic nitrogens is 2. The van der Waals surface area contributed by atoms with Crippen molar-refractivity contribution in [1.29, 1.82) is 0 Å². The van der Waals surface area contributed by atoms with Crippen LogP contribution in [-0.2, 0) is 14.6 Å². The highest BCUT2D eigenvalue weighted by Crippen LogP contribution is 2.38. The van der Waals surface area contributed by atoms with Gasteiger partial charge >= 0.3 is 0 Å². The first-order valence-corrected chi connectivity index (χ1v) is 10.4. The molecule has 2 aliphatic heterocycles. The third kappa shape index (κ3) is 2.27. The van der Waals surface area contributed by atoms with Crippen LogP contribution in [0, 0.1) is 5.92 Å². The zero-order valence-electron chi connectivity index (χ0n) is 13.9. The summed E-state index contributed by atoms with van der Waals surface area (Å²) >= 11 is 0. The Balaban J connectivity index is 1.73. The number of rotatable bonds is 2. The zero-order chi connectivity index (χ0) is 17.9. The highest BCUT2D eigenvalue weighted by molar-refractivity contribution is 7.91. The second-order valence-corrected chi connectivity index (χ2v) is 9.10. The number of carbonyl (C=O) groups excluding carboxylic acids is 1. The summed E-state index contributed by atoms with van der Waals surface area (Å²) in [6.45, 7) is 0. The highest BCUT2D eigenvalue weighted by Gasteiger charge is 2.50. The minimum Gasteiger partial charge on any atom is -0.278 e. The first kappa shape index (κ1) is 15.6. The van der Waals surface area contributed by atoms with E-state index in [0.29, 0.717) is 5.95 Å². The van der Waals surface area contributed by atoms with Crippen LogP contribution >= 0.6 is 0 Å². The Kier molecular flexibility index (Phi) is 3.24. The van der Waals surface area contributed by atoms with Crippen molar-refractivity contribution in [2.24, 2.45) is 5.92 Å². The second kappa shape index (κ2) is 5.41. The molecule has 0 radical (unpaired) electrons. The Bertz CT molecular complexity index is 1120. The van der Waals surface area contributed by atoms with E-state index in [-0.39, 0.29) is 35.8 Å². The molecule has 3 heterocycles. The summed E-state index contributed by atoms with van der Waals surface area (Å²) in [5, 5.41) is 0. The van der Waals surface area contributed by atoms with Crippen LogP contribution in [0.2, 0.25) is 0 Å². The normalized spacial score (nSPS) is 24.3. The van der Waals surface area contributed by atoms with Gasteiger partial charge in [-0.05, 0) is 24.3 Å². The van der Waals surface area contributed by atoms with Crippen molar-refractivity contribution in [3.05, 3.63) is 54.6 Å². The number of anilines is 1. The predicted molar refractivity (Wildman–Crippen MR) is 99.1 cm³/mol. The number of hydrogen-bond donors (Lipinski definition) is 0. The van der Waals surface area contributed by atoms with Gasteiger partial charge in [-0.2, -0.15) is 0 Å². The molecule has 0 spiro atoms. The van der Waals surface area contributed by atoms with Crippen molar-refractivity contribution in [2.75, 3.05) is 16.4 Å². The van der Waals surface area contributed by atoms with Gasteiger partial charge in [0.05, 0.1) is 28.6 Å². The summed E-state index contributed by atoms with van der Waals surface area (Å²) < 4.78 is 26.1. The lowest BCUT2D eigenvalue weighted by atomic mass is 10.1. The predicted octanol–water partition coefficient (Wildman–Crippen LogP) is 2.18. The molecule has 2 fully saturated rings. The summed E-state index contributed by atoms with van der Waals surface area (Å²) in [5.74, 6) is 0.415. The molecule has 132 valence electrons. The monoisotopic (exact) mass is 367 g/mol. The lowest BCUT2D eigenvalue weighted by Crippen LogP contribution is -2.38. The van der Waals surface area contributed by atoms with Crippen molar-refractivity contribution in [3.63, 3.8) is 0 Å². The summed E-state index contributed by atoms with van der Waals surface area (Å²) in [5.41, 5.74) is 2.57. The van der Waals surface area contributed by atoms with Crippen molar-refractivity contribution < 1.29 is 13.2 Å². The quantitative estimate of drug-likeness (QED) is 0.696. The average molecular weight is 367 g/mol. The maximum absolute atomic E-state index is 12.7. The van der Waals surface area contributed by atoms with E-state index >= 15 is 0 Å². The average Bonchev–Trinajstić information content (AvgIpc) is 3.21. The first-order chi connectivity index (χ1) is 12.5. The maximum Gasteiger partial charge on any atom is 0.230 e. The van der Waals surface area contributed by atoms with Gasteiger partial charge in [0, 0.05) is 18.0 Å². The molecule has 2 saturated heterocycles. The topological polar surface area (TPSA) is 72.3 Å². The zero-order valence-corrected chi connectivity index (χ0v) is 14.8. The van der Waals surface area contributed by atoms with E-state index in [1.165, 1.54) is 0 Å². The maximum atomic E-state index is 12.7. The molecule has 0 unspecified atom stereocenters. The molecule has 0 N–H and O–H groups in total. The third-order valence-electron chi connectivity index (χ3n) is 5.25. The number of carbonyl (C=O) groups is 1. The first-order valence-electron chi connectivity index (χ1n) is 8.59. The smallest absolute Gasteiger partial charge is 0.230 e. The third-order valence-corrected chi connectivity index (χ3v) is 7.03. The van der Waals surface area contributed by atoms with Crippen LogP contribution in [-0.4, -0.2) is 41.4 Å². The van der Waals surface area contributed by atoms with E-state index < -0.39 is 9.84 Å². The van der Waals surface area contributed by atoms with E-state index in [0.717, 1.165) is 16.7 Å². The fraction of sp³-hybridized carbons (Fsp3) is 0.263. The Morgan fingerprint density at radius 2 is 1.69 bits per heavy atom. The van der Waals surface area contributed by atoms with Gasteiger partial charge in [0.1, 0.15) is 0 Å². The standard InChI is InChI=1S/C19H17N3O3S/c23-18-10-13-11-26(24,25)12-17(13)22(18)19-20-15-8-4-5-9-16(15)21(19)14-6-2-1-3-7-14/h1-9,13,17H,10-12H2/t13-,17+/m1/s1. The molecule has 0 aliphatic carbocycles. The summed E-state index contributed by atoms with van der Waals surface area (Å²) in [6.07, 6.45) is 0.266. The fourth-order valence-corrected chi connectivity index (χ4v) is 6.23. The Hall–Kier alpha value is -2.67. The molecule has 1 amide bonds. The van der Waals surface area contributed by atoms with Gasteiger partial charge in [-0.3, -0.25) is 14.3 Å². The van der Waals surface area contributed by atoms with Crippen LogP contribution in [0.1, 0.15) is 6.42 Å². The molecular formula is C19H17N3O3S. The molecule has 5 rings (SSSR count). The van der Waals surface area contributed by atoms with Gasteiger partial charge < -0.3 is 0 Å². The molecular weight excluding hydrogens is 350 g/mol. The van der Waals surface area contributed by atoms with Crippen LogP contribution in [0.25, 0.3) is 16.7 Å². The molecule has 2 aliphatic rings. The number of sulfone groups is 1. The SMILES string of the molecule is O=C1C[C@@H]2CS(=O)(=O)C[C@@H]2N1c1nc2ccccc2n1-c1ccccc1. The molecule has 6 nitrogen and oxygen atoms in total. The number of amides is 1. The van der Waals surface area contributed by atoms with Crippen LogP contribution in [0.5, 0.6) is 0 Å². The molecule has 3 aromatic rings. The largest absolute Gasteiger partial charge is 0.278 e. The lowest BCUT2D eigenvalue weighted by molar-refractivity contribution is -0.117. The van der Waals surface area contributed by atoms with Crippen molar-refractivity contribution in [3.8, 4) is 5.69 Å². The minimum absolute atomic E-state index is 0.0153. The molecule has 2 aromatic carbocycles. The minimum atomic E-state index is -3.11. The molecule has 0 bridgehead atoms. The van der Waals surface area contributed by atoms with Gasteiger partial charge in [0.25, 0.3) is 0 Å². The molecule has 2 atom stereocenters. The Morgan fingerprint density at radius 1 is 0.962 bits per heavy atom. The van der Waals surface area contributed by atoms with Crippen LogP contribution in [0.3, 0.4) is 0 Å². The van der Waals surface area contributed by atoms with E-state index in [1.807, 2.05) is 59.2 Å². The second-order valence-electron chi connectivity index (χ2n) is 6.94. The van der Waals surface area contributed by atoms with Gasteiger partial charge in [-0.25, -0.2) is 13.4 Å². The van der Waals surface area contributed by atoms with Gasteiger partial charge in [-0.1, -0.05) is 30.3 Å². The number of imidazole rings is 1. The Labute approximate surface area is 151 Å². The van der Waals surface area contributed by atoms with Crippen LogP contribution in [0.15, 0.2) is 54.6 Å². The molecule has 0 saturated carbocycles. The molecule has 1 aromatic heterocycles. The van der Waals surface area contributed by atoms with Gasteiger partial charge in [0.15, 0.2) is 9.84 Å². The van der Waals surface area contributed by atoms with E-state index in [1.54, 1.807) is 4.90 Å². The summed E-state index contributed by atoms with van der Waals surface area (Å²) in [7, 11) is -3.11. The van der Waals surface area contributed by atoms with Crippen LogP contribution < -0.4 is 4.90 Å². The van der Waals surface area contributed by atoms with Crippen molar-refractivity contribution >= 4 is 32.7 Å². The Morgan fingerprint density at radius 3 is 2.50 bits per heavy atom. The fourth-order valence-electron chi connectivity index (χ4n) is 4.16. The number of hydrogen-bond acceptors (Lipinski definition) is 4. The van der Waals surface area contributed by atoms with E-state index in [9.17, 15) is 13.2 Å². The van der Waals surface area contributed by atoms with E-state index in [2.05, 4.69) is 0 Å². The number of para-hydroxylation sites is 3. The van der Waals surface area contributed by atoms with Gasteiger partial charge in [0.2, 0.25) is 11.9 Å². The van der Waals surface area contributed by atoms with Gasteiger partial charge in [-0.15, -0.1) is 0 Å². The number of nitrogens with zero attached hydrogens (tertiary/aromatic N) is 3. The van der Waals surface area contributed by atoms with Crippen molar-refractivity contribution in [2.45, 2.75) is 12.5 Å². The lowest BCUT2D eigenvalue weighted by Gasteiger charge is -2.23.